The molecule has 0 fully saturated rings. The van der Waals surface area contributed by atoms with Gasteiger partial charge in [0, 0.05) is 36.6 Å². The normalized spacial score (nSPS) is 12.1. The highest BCUT2D eigenvalue weighted by Gasteiger charge is 2.26. The SMILES string of the molecule is CCOc1ccc([C@@H](CNC(=O)c2ccccc2)C(=O)NC[C@@H](C(=O)NCc2ccc(CN)cc2)c2cccs2)cc1. The Morgan fingerprint density at radius 1 is 0.762 bits per heavy atom. The van der Waals surface area contributed by atoms with E-state index in [9.17, 15) is 14.4 Å². The number of carbonyl (C=O) groups is 3. The predicted octanol–water partition coefficient (Wildman–Crippen LogP) is 4.34. The van der Waals surface area contributed by atoms with Crippen molar-refractivity contribution in [2.24, 2.45) is 5.73 Å². The van der Waals surface area contributed by atoms with Gasteiger partial charge in [0.15, 0.2) is 0 Å². The Kier molecular flexibility index (Phi) is 11.3. The highest BCUT2D eigenvalue weighted by molar-refractivity contribution is 7.10. The van der Waals surface area contributed by atoms with Crippen molar-refractivity contribution < 1.29 is 19.1 Å². The lowest BCUT2D eigenvalue weighted by molar-refractivity contribution is -0.124. The molecule has 0 aliphatic rings. The molecule has 8 nitrogen and oxygen atoms in total. The molecule has 2 atom stereocenters. The topological polar surface area (TPSA) is 123 Å². The first-order valence-electron chi connectivity index (χ1n) is 13.9. The maximum Gasteiger partial charge on any atom is 0.251 e. The summed E-state index contributed by atoms with van der Waals surface area (Å²) < 4.78 is 5.55. The number of thiophene rings is 1. The Bertz CT molecular complexity index is 1430. The monoisotopic (exact) mass is 584 g/mol. The first-order valence-corrected chi connectivity index (χ1v) is 14.8. The lowest BCUT2D eigenvalue weighted by Gasteiger charge is -2.21. The molecule has 0 radical (unpaired) electrons. The zero-order valence-electron chi connectivity index (χ0n) is 23.5. The van der Waals surface area contributed by atoms with E-state index in [2.05, 4.69) is 16.0 Å². The summed E-state index contributed by atoms with van der Waals surface area (Å²) in [5, 5.41) is 10.8. The number of ether oxygens (including phenoxy) is 1. The maximum absolute atomic E-state index is 13.6. The van der Waals surface area contributed by atoms with Crippen LogP contribution in [0.4, 0.5) is 0 Å². The van der Waals surface area contributed by atoms with Crippen molar-refractivity contribution in [1.29, 1.82) is 0 Å². The number of hydrogen-bond donors (Lipinski definition) is 4. The van der Waals surface area contributed by atoms with Gasteiger partial charge in [-0.05, 0) is 59.3 Å². The van der Waals surface area contributed by atoms with Gasteiger partial charge < -0.3 is 26.4 Å². The van der Waals surface area contributed by atoms with Gasteiger partial charge in [0.25, 0.3) is 5.91 Å². The van der Waals surface area contributed by atoms with Crippen LogP contribution in [0.5, 0.6) is 5.75 Å². The second kappa shape index (κ2) is 15.5. The molecule has 0 aliphatic heterocycles. The average Bonchev–Trinajstić information content (AvgIpc) is 3.56. The summed E-state index contributed by atoms with van der Waals surface area (Å²) in [6.07, 6.45) is 0. The van der Waals surface area contributed by atoms with Gasteiger partial charge >= 0.3 is 0 Å². The molecule has 9 heteroatoms. The van der Waals surface area contributed by atoms with Gasteiger partial charge in [0.1, 0.15) is 5.75 Å². The van der Waals surface area contributed by atoms with E-state index >= 15 is 0 Å². The molecule has 4 aromatic rings. The Morgan fingerprint density at radius 3 is 2.07 bits per heavy atom. The molecule has 0 saturated heterocycles. The van der Waals surface area contributed by atoms with Crippen molar-refractivity contribution in [1.82, 2.24) is 16.0 Å². The number of rotatable bonds is 14. The fourth-order valence-electron chi connectivity index (χ4n) is 4.45. The zero-order valence-corrected chi connectivity index (χ0v) is 24.4. The Labute approximate surface area is 250 Å². The third-order valence-electron chi connectivity index (χ3n) is 6.82. The third-order valence-corrected chi connectivity index (χ3v) is 7.81. The quantitative estimate of drug-likeness (QED) is 0.176. The Balaban J connectivity index is 1.45. The number of nitrogens with two attached hydrogens (primary N) is 1. The maximum atomic E-state index is 13.6. The van der Waals surface area contributed by atoms with Crippen LogP contribution in [0, 0.1) is 0 Å². The molecule has 5 N–H and O–H groups in total. The van der Waals surface area contributed by atoms with E-state index in [0.29, 0.717) is 31.0 Å². The molecule has 0 bridgehead atoms. The molecule has 218 valence electrons. The summed E-state index contributed by atoms with van der Waals surface area (Å²) in [6.45, 7) is 3.45. The molecule has 4 rings (SSSR count). The van der Waals surface area contributed by atoms with Crippen LogP contribution >= 0.6 is 11.3 Å². The first kappa shape index (κ1) is 30.5. The largest absolute Gasteiger partial charge is 0.494 e. The van der Waals surface area contributed by atoms with Gasteiger partial charge in [-0.2, -0.15) is 0 Å². The first-order chi connectivity index (χ1) is 20.5. The van der Waals surface area contributed by atoms with E-state index in [-0.39, 0.29) is 30.8 Å². The van der Waals surface area contributed by atoms with Crippen molar-refractivity contribution in [3.8, 4) is 5.75 Å². The zero-order chi connectivity index (χ0) is 29.7. The molecule has 0 aliphatic carbocycles. The molecule has 42 heavy (non-hydrogen) atoms. The summed E-state index contributed by atoms with van der Waals surface area (Å²) in [7, 11) is 0. The molecule has 0 spiro atoms. The van der Waals surface area contributed by atoms with E-state index in [0.717, 1.165) is 21.6 Å². The minimum atomic E-state index is -0.679. The van der Waals surface area contributed by atoms with Gasteiger partial charge in [0.05, 0.1) is 18.4 Å². The molecule has 0 saturated carbocycles. The number of benzene rings is 3. The summed E-state index contributed by atoms with van der Waals surface area (Å²) in [4.78, 5) is 40.5. The van der Waals surface area contributed by atoms with Crippen LogP contribution in [0.3, 0.4) is 0 Å². The summed E-state index contributed by atoms with van der Waals surface area (Å²) in [5.74, 6) is -1.30. The number of carbonyl (C=O) groups excluding carboxylic acids is 3. The second-order valence-corrected chi connectivity index (χ2v) is 10.7. The van der Waals surface area contributed by atoms with E-state index < -0.39 is 11.8 Å². The molecule has 3 amide bonds. The van der Waals surface area contributed by atoms with Crippen LogP contribution < -0.4 is 26.4 Å². The summed E-state index contributed by atoms with van der Waals surface area (Å²) in [5.41, 5.74) is 8.89. The van der Waals surface area contributed by atoms with Crippen LogP contribution in [0.2, 0.25) is 0 Å². The van der Waals surface area contributed by atoms with Crippen molar-refractivity contribution in [2.75, 3.05) is 19.7 Å². The van der Waals surface area contributed by atoms with E-state index in [1.165, 1.54) is 11.3 Å². The lowest BCUT2D eigenvalue weighted by atomic mass is 9.97. The molecule has 1 aromatic heterocycles. The Morgan fingerprint density at radius 2 is 1.43 bits per heavy atom. The highest BCUT2D eigenvalue weighted by Crippen LogP contribution is 2.23. The molecule has 1 heterocycles. The minimum Gasteiger partial charge on any atom is -0.494 e. The minimum absolute atomic E-state index is 0.0855. The smallest absolute Gasteiger partial charge is 0.251 e. The van der Waals surface area contributed by atoms with Gasteiger partial charge in [-0.1, -0.05) is 60.7 Å². The second-order valence-electron chi connectivity index (χ2n) is 9.68. The Hall–Kier alpha value is -4.47. The van der Waals surface area contributed by atoms with E-state index in [1.807, 2.05) is 66.9 Å². The predicted molar refractivity (Wildman–Crippen MR) is 165 cm³/mol. The number of hydrogen-bond acceptors (Lipinski definition) is 6. The molecule has 0 unspecified atom stereocenters. The number of nitrogens with one attached hydrogen (secondary N) is 3. The van der Waals surface area contributed by atoms with Gasteiger partial charge in [-0.3, -0.25) is 14.4 Å². The van der Waals surface area contributed by atoms with Crippen molar-refractivity contribution in [2.45, 2.75) is 31.8 Å². The van der Waals surface area contributed by atoms with Gasteiger partial charge in [-0.15, -0.1) is 11.3 Å². The van der Waals surface area contributed by atoms with Crippen molar-refractivity contribution in [3.05, 3.63) is 124 Å². The van der Waals surface area contributed by atoms with Gasteiger partial charge in [0.2, 0.25) is 11.8 Å². The highest BCUT2D eigenvalue weighted by atomic mass is 32.1. The summed E-state index contributed by atoms with van der Waals surface area (Å²) >= 11 is 1.46. The fourth-order valence-corrected chi connectivity index (χ4v) is 5.28. The van der Waals surface area contributed by atoms with Crippen LogP contribution in [0.25, 0.3) is 0 Å². The van der Waals surface area contributed by atoms with E-state index in [4.69, 9.17) is 10.5 Å². The van der Waals surface area contributed by atoms with Crippen LogP contribution in [0.15, 0.2) is 96.4 Å². The van der Waals surface area contributed by atoms with E-state index in [1.54, 1.807) is 36.4 Å². The fraction of sp³-hybridized carbons (Fsp3) is 0.242. The lowest BCUT2D eigenvalue weighted by Crippen LogP contribution is -2.41. The van der Waals surface area contributed by atoms with Crippen molar-refractivity contribution >= 4 is 29.1 Å². The van der Waals surface area contributed by atoms with Crippen LogP contribution in [0.1, 0.15) is 50.7 Å². The van der Waals surface area contributed by atoms with Gasteiger partial charge in [-0.25, -0.2) is 0 Å². The van der Waals surface area contributed by atoms with Crippen LogP contribution in [-0.4, -0.2) is 37.4 Å². The van der Waals surface area contributed by atoms with Crippen molar-refractivity contribution in [3.63, 3.8) is 0 Å². The molecule has 3 aromatic carbocycles. The summed E-state index contributed by atoms with van der Waals surface area (Å²) in [6, 6.07) is 27.6. The molecular formula is C33H36N4O4S. The average molecular weight is 585 g/mol. The number of amides is 3. The third kappa shape index (κ3) is 8.52. The van der Waals surface area contributed by atoms with Crippen LogP contribution in [-0.2, 0) is 22.7 Å². The molecular weight excluding hydrogens is 548 g/mol. The standard InChI is InChI=1S/C33H36N4O4S/c1-2-41-27-16-14-25(15-17-27)28(21-36-31(38)26-7-4-3-5-8-26)32(39)37-22-29(30-9-6-18-42-30)33(40)35-20-24-12-10-23(19-34)11-13-24/h3-18,28-29H,2,19-22,34H2,1H3,(H,35,40)(H,36,38)(H,37,39)/t28-,29-/m1/s1.